The molecule has 0 saturated carbocycles. The number of carbonyl (C=O) groups is 2. The zero-order valence-electron chi connectivity index (χ0n) is 12.5. The summed E-state index contributed by atoms with van der Waals surface area (Å²) in [4.78, 5) is 28.0. The lowest BCUT2D eigenvalue weighted by Crippen LogP contribution is -2.43. The smallest absolute Gasteiger partial charge is 0.328 e. The molecule has 23 heavy (non-hydrogen) atoms. The van der Waals surface area contributed by atoms with Crippen molar-refractivity contribution in [2.24, 2.45) is 0 Å². The molecule has 1 N–H and O–H groups in total. The molecule has 0 saturated heterocycles. The van der Waals surface area contributed by atoms with Crippen LogP contribution in [0.5, 0.6) is 0 Å². The third kappa shape index (κ3) is 4.38. The summed E-state index contributed by atoms with van der Waals surface area (Å²) < 4.78 is 4.74. The van der Waals surface area contributed by atoms with Crippen LogP contribution in [-0.4, -0.2) is 30.0 Å². The van der Waals surface area contributed by atoms with Gasteiger partial charge in [0.2, 0.25) is 0 Å². The lowest BCUT2D eigenvalue weighted by atomic mass is 10.0. The lowest BCUT2D eigenvalue weighted by molar-refractivity contribution is -0.142. The number of rotatable bonds is 5. The number of hydrogen-bond acceptors (Lipinski definition) is 5. The highest BCUT2D eigenvalue weighted by molar-refractivity contribution is 5.95. The summed E-state index contributed by atoms with van der Waals surface area (Å²) >= 11 is 0. The number of aromatic nitrogens is 1. The van der Waals surface area contributed by atoms with E-state index in [1.165, 1.54) is 13.3 Å². The fraction of sp³-hybridized carbons (Fsp3) is 0.176. The highest BCUT2D eigenvalue weighted by Crippen LogP contribution is 2.09. The zero-order valence-corrected chi connectivity index (χ0v) is 12.5. The Balaban J connectivity index is 2.16. The number of pyridine rings is 1. The fourth-order valence-corrected chi connectivity index (χ4v) is 2.07. The van der Waals surface area contributed by atoms with Crippen LogP contribution in [0.1, 0.15) is 21.6 Å². The average Bonchev–Trinajstić information content (AvgIpc) is 2.61. The molecule has 116 valence electrons. The molecule has 0 fully saturated rings. The lowest BCUT2D eigenvalue weighted by Gasteiger charge is -2.16. The molecule has 1 aromatic heterocycles. The van der Waals surface area contributed by atoms with E-state index in [1.807, 2.05) is 6.07 Å². The van der Waals surface area contributed by atoms with Gasteiger partial charge in [0, 0.05) is 12.6 Å². The van der Waals surface area contributed by atoms with Crippen molar-refractivity contribution in [3.05, 3.63) is 65.5 Å². The topological polar surface area (TPSA) is 92.1 Å². The van der Waals surface area contributed by atoms with E-state index in [0.717, 1.165) is 5.56 Å². The predicted molar refractivity (Wildman–Crippen MR) is 82.4 cm³/mol. The van der Waals surface area contributed by atoms with E-state index in [2.05, 4.69) is 10.3 Å². The van der Waals surface area contributed by atoms with Gasteiger partial charge in [-0.3, -0.25) is 9.78 Å². The minimum Gasteiger partial charge on any atom is -0.467 e. The maximum atomic E-state index is 12.2. The van der Waals surface area contributed by atoms with Crippen LogP contribution in [-0.2, 0) is 16.0 Å². The summed E-state index contributed by atoms with van der Waals surface area (Å²) in [6.07, 6.45) is 1.72. The predicted octanol–water partition coefficient (Wildman–Crippen LogP) is 1.47. The Bertz CT molecular complexity index is 738. The van der Waals surface area contributed by atoms with Crippen LogP contribution < -0.4 is 5.32 Å². The summed E-state index contributed by atoms with van der Waals surface area (Å²) in [6, 6.07) is 13.0. The molecular weight excluding hydrogens is 294 g/mol. The number of nitriles is 1. The number of amides is 1. The standard InChI is InChI=1S/C17H15N3O3/c1-23-17(22)15(10-12-5-4-6-13(9-12)11-18)20-16(21)14-7-2-3-8-19-14/h2-9,15H,10H2,1H3,(H,20,21)/t15-/m1/s1. The van der Waals surface area contributed by atoms with Crippen LogP contribution in [0.15, 0.2) is 48.7 Å². The van der Waals surface area contributed by atoms with Crippen molar-refractivity contribution in [2.75, 3.05) is 7.11 Å². The van der Waals surface area contributed by atoms with Gasteiger partial charge in [-0.2, -0.15) is 5.26 Å². The summed E-state index contributed by atoms with van der Waals surface area (Å²) in [7, 11) is 1.26. The molecule has 6 heteroatoms. The average molecular weight is 309 g/mol. The van der Waals surface area contributed by atoms with Gasteiger partial charge < -0.3 is 10.1 Å². The van der Waals surface area contributed by atoms with Gasteiger partial charge in [-0.1, -0.05) is 18.2 Å². The summed E-state index contributed by atoms with van der Waals surface area (Å²) in [5.74, 6) is -1.02. The molecule has 0 aliphatic carbocycles. The number of esters is 1. The van der Waals surface area contributed by atoms with Gasteiger partial charge in [-0.25, -0.2) is 4.79 Å². The molecular formula is C17H15N3O3. The summed E-state index contributed by atoms with van der Waals surface area (Å²) in [5, 5.41) is 11.5. The Labute approximate surface area is 133 Å². The van der Waals surface area contributed by atoms with E-state index in [-0.39, 0.29) is 12.1 Å². The van der Waals surface area contributed by atoms with Crippen LogP contribution in [0.25, 0.3) is 0 Å². The van der Waals surface area contributed by atoms with Gasteiger partial charge >= 0.3 is 5.97 Å². The van der Waals surface area contributed by atoms with Crippen molar-refractivity contribution in [2.45, 2.75) is 12.5 Å². The molecule has 1 atom stereocenters. The Kier molecular flexibility index (Phi) is 5.42. The summed E-state index contributed by atoms with van der Waals surface area (Å²) in [5.41, 5.74) is 1.45. The normalized spacial score (nSPS) is 11.1. The highest BCUT2D eigenvalue weighted by Gasteiger charge is 2.23. The SMILES string of the molecule is COC(=O)[C@@H](Cc1cccc(C#N)c1)NC(=O)c1ccccn1. The van der Waals surface area contributed by atoms with E-state index >= 15 is 0 Å². The van der Waals surface area contributed by atoms with Crippen LogP contribution in [0.3, 0.4) is 0 Å². The van der Waals surface area contributed by atoms with Crippen molar-refractivity contribution in [3.8, 4) is 6.07 Å². The zero-order chi connectivity index (χ0) is 16.7. The van der Waals surface area contributed by atoms with Crippen molar-refractivity contribution >= 4 is 11.9 Å². The second-order valence-corrected chi connectivity index (χ2v) is 4.78. The van der Waals surface area contributed by atoms with Gasteiger partial charge in [-0.15, -0.1) is 0 Å². The second kappa shape index (κ2) is 7.71. The molecule has 0 spiro atoms. The number of ether oxygens (including phenoxy) is 1. The van der Waals surface area contributed by atoms with E-state index in [0.29, 0.717) is 5.56 Å². The van der Waals surface area contributed by atoms with Gasteiger partial charge in [0.1, 0.15) is 11.7 Å². The van der Waals surface area contributed by atoms with Crippen molar-refractivity contribution in [1.82, 2.24) is 10.3 Å². The Hall–Kier alpha value is -3.20. The highest BCUT2D eigenvalue weighted by atomic mass is 16.5. The Morgan fingerprint density at radius 2 is 2.13 bits per heavy atom. The number of benzene rings is 1. The van der Waals surface area contributed by atoms with Gasteiger partial charge in [-0.05, 0) is 29.8 Å². The van der Waals surface area contributed by atoms with Gasteiger partial charge in [0.25, 0.3) is 5.91 Å². The first-order valence-corrected chi connectivity index (χ1v) is 6.93. The van der Waals surface area contributed by atoms with Crippen LogP contribution in [0.2, 0.25) is 0 Å². The van der Waals surface area contributed by atoms with Crippen molar-refractivity contribution < 1.29 is 14.3 Å². The number of nitrogens with one attached hydrogen (secondary N) is 1. The number of methoxy groups -OCH3 is 1. The first-order valence-electron chi connectivity index (χ1n) is 6.93. The molecule has 0 bridgehead atoms. The van der Waals surface area contributed by atoms with E-state index in [1.54, 1.807) is 42.5 Å². The molecule has 1 amide bonds. The quantitative estimate of drug-likeness (QED) is 0.844. The Morgan fingerprint density at radius 1 is 1.30 bits per heavy atom. The monoisotopic (exact) mass is 309 g/mol. The molecule has 0 aliphatic rings. The minimum atomic E-state index is -0.858. The van der Waals surface area contributed by atoms with E-state index in [9.17, 15) is 9.59 Å². The van der Waals surface area contributed by atoms with Crippen molar-refractivity contribution in [3.63, 3.8) is 0 Å². The molecule has 0 unspecified atom stereocenters. The summed E-state index contributed by atoms with van der Waals surface area (Å²) in [6.45, 7) is 0. The molecule has 0 radical (unpaired) electrons. The van der Waals surface area contributed by atoms with Gasteiger partial charge in [0.05, 0.1) is 18.7 Å². The maximum Gasteiger partial charge on any atom is 0.328 e. The molecule has 1 heterocycles. The van der Waals surface area contributed by atoms with Crippen molar-refractivity contribution in [1.29, 1.82) is 5.26 Å². The first kappa shape index (κ1) is 16.2. The fourth-order valence-electron chi connectivity index (χ4n) is 2.07. The molecule has 2 rings (SSSR count). The van der Waals surface area contributed by atoms with E-state index in [4.69, 9.17) is 10.00 Å². The Morgan fingerprint density at radius 3 is 2.78 bits per heavy atom. The number of carbonyl (C=O) groups excluding carboxylic acids is 2. The van der Waals surface area contributed by atoms with Crippen LogP contribution in [0, 0.1) is 11.3 Å². The van der Waals surface area contributed by atoms with Crippen LogP contribution in [0.4, 0.5) is 0 Å². The largest absolute Gasteiger partial charge is 0.467 e. The second-order valence-electron chi connectivity index (χ2n) is 4.78. The number of hydrogen-bond donors (Lipinski definition) is 1. The molecule has 1 aromatic carbocycles. The van der Waals surface area contributed by atoms with Crippen LogP contribution >= 0.6 is 0 Å². The molecule has 0 aliphatic heterocycles. The third-order valence-corrected chi connectivity index (χ3v) is 3.18. The van der Waals surface area contributed by atoms with E-state index < -0.39 is 17.9 Å². The molecule has 6 nitrogen and oxygen atoms in total. The third-order valence-electron chi connectivity index (χ3n) is 3.18. The first-order chi connectivity index (χ1) is 11.1. The minimum absolute atomic E-state index is 0.215. The number of nitrogens with zero attached hydrogens (tertiary/aromatic N) is 2. The molecule has 2 aromatic rings. The van der Waals surface area contributed by atoms with Gasteiger partial charge in [0.15, 0.2) is 0 Å². The maximum absolute atomic E-state index is 12.2.